The van der Waals surface area contributed by atoms with E-state index in [-0.39, 0.29) is 12.6 Å². The number of hydrogen-bond acceptors (Lipinski definition) is 6. The van der Waals surface area contributed by atoms with Crippen LogP contribution >= 0.6 is 0 Å². The monoisotopic (exact) mass is 363 g/mol. The minimum Gasteiger partial charge on any atom is -0.394 e. The van der Waals surface area contributed by atoms with Crippen molar-refractivity contribution in [2.75, 3.05) is 17.2 Å². The van der Waals surface area contributed by atoms with E-state index < -0.39 is 0 Å². The van der Waals surface area contributed by atoms with Crippen LogP contribution in [0.25, 0.3) is 11.4 Å². The molecule has 1 aromatic carbocycles. The molecule has 0 bridgehead atoms. The second-order valence-corrected chi connectivity index (χ2v) is 6.49. The van der Waals surface area contributed by atoms with E-state index in [1.807, 2.05) is 31.2 Å². The van der Waals surface area contributed by atoms with Crippen molar-refractivity contribution in [1.29, 1.82) is 0 Å². The lowest BCUT2D eigenvalue weighted by molar-refractivity contribution is 0.281. The number of nitrogens with zero attached hydrogens (tertiary/aromatic N) is 3. The van der Waals surface area contributed by atoms with Gasteiger partial charge in [-0.05, 0) is 43.5 Å². The van der Waals surface area contributed by atoms with Gasteiger partial charge in [0.2, 0.25) is 5.95 Å². The van der Waals surface area contributed by atoms with Gasteiger partial charge >= 0.3 is 0 Å². The summed E-state index contributed by atoms with van der Waals surface area (Å²) in [4.78, 5) is 13.5. The fraction of sp³-hybridized carbons (Fsp3) is 0.286. The Kier molecular flexibility index (Phi) is 5.98. The standard InChI is InChI=1S/C21H25N5O/c1-4-16-9-7-8-14(2)20(16)25-19-12-18(17-10-5-6-11-22-17)24-21(26-19)23-15(3)13-27/h5-12,15,27H,4,13H2,1-3H3,(H2,23,24,25,26)/t15-/m1/s1. The summed E-state index contributed by atoms with van der Waals surface area (Å²) in [5.74, 6) is 1.14. The predicted molar refractivity (Wildman–Crippen MR) is 109 cm³/mol. The highest BCUT2D eigenvalue weighted by molar-refractivity contribution is 5.69. The summed E-state index contributed by atoms with van der Waals surface area (Å²) in [6.45, 7) is 6.09. The topological polar surface area (TPSA) is 83.0 Å². The quantitative estimate of drug-likeness (QED) is 0.590. The number of para-hydroxylation sites is 1. The number of anilines is 3. The van der Waals surface area contributed by atoms with Gasteiger partial charge < -0.3 is 15.7 Å². The zero-order valence-corrected chi connectivity index (χ0v) is 15.9. The van der Waals surface area contributed by atoms with Crippen molar-refractivity contribution < 1.29 is 5.11 Å². The molecule has 3 aromatic rings. The van der Waals surface area contributed by atoms with Crippen molar-refractivity contribution in [2.45, 2.75) is 33.2 Å². The van der Waals surface area contributed by atoms with Crippen LogP contribution < -0.4 is 10.6 Å². The van der Waals surface area contributed by atoms with Gasteiger partial charge in [-0.25, -0.2) is 4.98 Å². The predicted octanol–water partition coefficient (Wildman–Crippen LogP) is 3.95. The molecule has 3 N–H and O–H groups in total. The van der Waals surface area contributed by atoms with Crippen LogP contribution in [0.2, 0.25) is 0 Å². The summed E-state index contributed by atoms with van der Waals surface area (Å²) in [6.07, 6.45) is 2.67. The minimum absolute atomic E-state index is 0.00227. The van der Waals surface area contributed by atoms with Crippen molar-refractivity contribution in [1.82, 2.24) is 15.0 Å². The molecule has 27 heavy (non-hydrogen) atoms. The second kappa shape index (κ2) is 8.60. The molecule has 0 aliphatic rings. The van der Waals surface area contributed by atoms with E-state index in [1.165, 1.54) is 5.56 Å². The van der Waals surface area contributed by atoms with Gasteiger partial charge in [0.1, 0.15) is 5.82 Å². The maximum absolute atomic E-state index is 9.35. The Morgan fingerprint density at radius 3 is 2.63 bits per heavy atom. The van der Waals surface area contributed by atoms with Gasteiger partial charge in [0.15, 0.2) is 0 Å². The molecular weight excluding hydrogens is 338 g/mol. The number of aryl methyl sites for hydroxylation is 2. The molecule has 0 saturated heterocycles. The lowest BCUT2D eigenvalue weighted by Gasteiger charge is -2.16. The maximum atomic E-state index is 9.35. The van der Waals surface area contributed by atoms with Gasteiger partial charge in [-0.3, -0.25) is 4.98 Å². The Bertz CT molecular complexity index is 898. The highest BCUT2D eigenvalue weighted by Gasteiger charge is 2.12. The number of hydrogen-bond donors (Lipinski definition) is 3. The molecule has 3 rings (SSSR count). The molecule has 6 heteroatoms. The molecule has 0 spiro atoms. The van der Waals surface area contributed by atoms with Gasteiger partial charge in [-0.15, -0.1) is 0 Å². The first-order valence-corrected chi connectivity index (χ1v) is 9.14. The highest BCUT2D eigenvalue weighted by atomic mass is 16.3. The van der Waals surface area contributed by atoms with Crippen LogP contribution in [0.5, 0.6) is 0 Å². The molecule has 0 fully saturated rings. The van der Waals surface area contributed by atoms with Crippen LogP contribution in [0.1, 0.15) is 25.0 Å². The third kappa shape index (κ3) is 4.60. The third-order valence-corrected chi connectivity index (χ3v) is 4.30. The summed E-state index contributed by atoms with van der Waals surface area (Å²) in [7, 11) is 0. The molecular formula is C21H25N5O. The van der Waals surface area contributed by atoms with E-state index in [1.54, 1.807) is 6.20 Å². The van der Waals surface area contributed by atoms with Gasteiger partial charge in [0.05, 0.1) is 18.0 Å². The first kappa shape index (κ1) is 18.8. The number of nitrogens with one attached hydrogen (secondary N) is 2. The number of aliphatic hydroxyl groups is 1. The molecule has 1 atom stereocenters. The zero-order chi connectivity index (χ0) is 19.2. The molecule has 0 amide bonds. The average molecular weight is 363 g/mol. The largest absolute Gasteiger partial charge is 0.394 e. The van der Waals surface area contributed by atoms with E-state index in [4.69, 9.17) is 0 Å². The molecule has 2 heterocycles. The maximum Gasteiger partial charge on any atom is 0.225 e. The van der Waals surface area contributed by atoms with Gasteiger partial charge in [0, 0.05) is 24.0 Å². The van der Waals surface area contributed by atoms with E-state index >= 15 is 0 Å². The van der Waals surface area contributed by atoms with Crippen molar-refractivity contribution in [2.24, 2.45) is 0 Å². The number of pyridine rings is 1. The molecule has 0 aliphatic heterocycles. The van der Waals surface area contributed by atoms with Gasteiger partial charge in [-0.1, -0.05) is 31.2 Å². The van der Waals surface area contributed by atoms with Gasteiger partial charge in [0.25, 0.3) is 0 Å². The number of aliphatic hydroxyl groups excluding tert-OH is 1. The molecule has 0 aliphatic carbocycles. The summed E-state index contributed by atoms with van der Waals surface area (Å²) < 4.78 is 0. The normalized spacial score (nSPS) is 11.9. The first-order valence-electron chi connectivity index (χ1n) is 9.14. The Balaban J connectivity index is 2.03. The van der Waals surface area contributed by atoms with Crippen molar-refractivity contribution in [3.8, 4) is 11.4 Å². The van der Waals surface area contributed by atoms with E-state index in [0.29, 0.717) is 17.5 Å². The van der Waals surface area contributed by atoms with Crippen molar-refractivity contribution >= 4 is 17.5 Å². The fourth-order valence-electron chi connectivity index (χ4n) is 2.82. The van der Waals surface area contributed by atoms with Crippen LogP contribution in [-0.4, -0.2) is 32.7 Å². The zero-order valence-electron chi connectivity index (χ0n) is 15.9. The molecule has 140 valence electrons. The molecule has 0 unspecified atom stereocenters. The number of aromatic nitrogens is 3. The summed E-state index contributed by atoms with van der Waals surface area (Å²) in [5.41, 5.74) is 4.93. The van der Waals surface area contributed by atoms with Crippen LogP contribution in [0, 0.1) is 6.92 Å². The Morgan fingerprint density at radius 2 is 1.93 bits per heavy atom. The van der Waals surface area contributed by atoms with Crippen LogP contribution in [-0.2, 0) is 6.42 Å². The van der Waals surface area contributed by atoms with Crippen LogP contribution in [0.3, 0.4) is 0 Å². The smallest absolute Gasteiger partial charge is 0.225 e. The molecule has 2 aromatic heterocycles. The molecule has 6 nitrogen and oxygen atoms in total. The number of rotatable bonds is 7. The molecule has 0 radical (unpaired) electrons. The lowest BCUT2D eigenvalue weighted by atomic mass is 10.1. The summed E-state index contributed by atoms with van der Waals surface area (Å²) >= 11 is 0. The highest BCUT2D eigenvalue weighted by Crippen LogP contribution is 2.27. The Morgan fingerprint density at radius 1 is 1.07 bits per heavy atom. The minimum atomic E-state index is -0.151. The fourth-order valence-corrected chi connectivity index (χ4v) is 2.82. The third-order valence-electron chi connectivity index (χ3n) is 4.30. The first-order chi connectivity index (χ1) is 13.1. The van der Waals surface area contributed by atoms with Crippen molar-refractivity contribution in [3.05, 3.63) is 59.8 Å². The Hall–Kier alpha value is -2.99. The van der Waals surface area contributed by atoms with E-state index in [9.17, 15) is 5.11 Å². The second-order valence-electron chi connectivity index (χ2n) is 6.49. The number of benzene rings is 1. The summed E-state index contributed by atoms with van der Waals surface area (Å²) in [5, 5.41) is 15.9. The van der Waals surface area contributed by atoms with Crippen LogP contribution in [0.15, 0.2) is 48.7 Å². The molecule has 0 saturated carbocycles. The van der Waals surface area contributed by atoms with E-state index in [0.717, 1.165) is 23.4 Å². The van der Waals surface area contributed by atoms with Crippen molar-refractivity contribution in [3.63, 3.8) is 0 Å². The Labute approximate surface area is 159 Å². The lowest BCUT2D eigenvalue weighted by Crippen LogP contribution is -2.21. The average Bonchev–Trinajstić information content (AvgIpc) is 2.70. The van der Waals surface area contributed by atoms with Crippen LogP contribution in [0.4, 0.5) is 17.5 Å². The van der Waals surface area contributed by atoms with Gasteiger partial charge in [-0.2, -0.15) is 4.98 Å². The van der Waals surface area contributed by atoms with E-state index in [2.05, 4.69) is 57.6 Å². The SMILES string of the molecule is CCc1cccc(C)c1Nc1cc(-c2ccccn2)nc(N[C@H](C)CO)n1. The summed E-state index contributed by atoms with van der Waals surface area (Å²) in [6, 6.07) is 13.7.